The van der Waals surface area contributed by atoms with E-state index in [4.69, 9.17) is 0 Å². The van der Waals surface area contributed by atoms with Crippen LogP contribution in [0.25, 0.3) is 0 Å². The first-order valence-electron chi connectivity index (χ1n) is 6.62. The Labute approximate surface area is 118 Å². The van der Waals surface area contributed by atoms with Gasteiger partial charge in [0.1, 0.15) is 12.1 Å². The van der Waals surface area contributed by atoms with Gasteiger partial charge in [0.2, 0.25) is 0 Å². The van der Waals surface area contributed by atoms with Crippen molar-refractivity contribution in [1.29, 1.82) is 0 Å². The van der Waals surface area contributed by atoms with Gasteiger partial charge in [0, 0.05) is 12.6 Å². The van der Waals surface area contributed by atoms with Gasteiger partial charge in [0.25, 0.3) is 0 Å². The number of rotatable bonds is 4. The maximum Gasteiger partial charge on any atom is 0.329 e. The van der Waals surface area contributed by atoms with Crippen molar-refractivity contribution in [2.24, 2.45) is 0 Å². The van der Waals surface area contributed by atoms with E-state index in [-0.39, 0.29) is 12.6 Å². The first-order valence-corrected chi connectivity index (χ1v) is 6.62. The maximum atomic E-state index is 12.5. The topological polar surface area (TPSA) is 87.2 Å². The number of ether oxygens (including phenoxy) is 1. The first-order chi connectivity index (χ1) is 9.24. The predicted octanol–water partition coefficient (Wildman–Crippen LogP) is 0.929. The normalized spacial score (nSPS) is 21.9. The molecule has 1 rings (SSSR count). The van der Waals surface area contributed by atoms with Crippen molar-refractivity contribution in [2.45, 2.75) is 45.2 Å². The van der Waals surface area contributed by atoms with Crippen molar-refractivity contribution in [3.05, 3.63) is 0 Å². The van der Waals surface area contributed by atoms with Gasteiger partial charge in [-0.1, -0.05) is 0 Å². The Hall–Kier alpha value is -1.79. The lowest BCUT2D eigenvalue weighted by atomic mass is 9.99. The highest BCUT2D eigenvalue weighted by molar-refractivity contribution is 5.88. The number of carbonyl (C=O) groups excluding carboxylic acids is 2. The number of nitrogens with zero attached hydrogens (tertiary/aromatic N) is 2. The molecule has 1 aliphatic rings. The Bertz CT molecular complexity index is 410. The van der Waals surface area contributed by atoms with Crippen LogP contribution < -0.4 is 0 Å². The third kappa shape index (κ3) is 3.02. The molecule has 0 aromatic heterocycles. The van der Waals surface area contributed by atoms with Gasteiger partial charge >= 0.3 is 18.0 Å². The van der Waals surface area contributed by atoms with E-state index in [1.807, 2.05) is 0 Å². The van der Waals surface area contributed by atoms with Crippen LogP contribution in [0.15, 0.2) is 0 Å². The first kappa shape index (κ1) is 16.3. The molecular formula is C13H22N2O5. The van der Waals surface area contributed by atoms with E-state index in [0.717, 1.165) is 0 Å². The molecule has 0 aromatic carbocycles. The molecule has 0 radical (unpaired) electrons. The van der Waals surface area contributed by atoms with Crippen LogP contribution in [0.5, 0.6) is 0 Å². The Morgan fingerprint density at radius 3 is 2.45 bits per heavy atom. The van der Waals surface area contributed by atoms with Gasteiger partial charge in [-0.15, -0.1) is 0 Å². The van der Waals surface area contributed by atoms with Gasteiger partial charge in [-0.2, -0.15) is 0 Å². The molecule has 0 saturated carbocycles. The highest BCUT2D eigenvalue weighted by Gasteiger charge is 2.47. The minimum Gasteiger partial charge on any atom is -0.480 e. The van der Waals surface area contributed by atoms with Gasteiger partial charge in [0.15, 0.2) is 0 Å². The van der Waals surface area contributed by atoms with E-state index >= 15 is 0 Å². The fourth-order valence-electron chi connectivity index (χ4n) is 2.32. The summed E-state index contributed by atoms with van der Waals surface area (Å²) in [5.74, 6) is -1.55. The van der Waals surface area contributed by atoms with Crippen LogP contribution in [0.3, 0.4) is 0 Å². The Morgan fingerprint density at radius 1 is 1.40 bits per heavy atom. The average Bonchev–Trinajstić information content (AvgIpc) is 2.78. The molecular weight excluding hydrogens is 264 g/mol. The van der Waals surface area contributed by atoms with Crippen LogP contribution in [-0.2, 0) is 14.3 Å². The molecule has 1 N–H and O–H groups in total. The number of carboxylic acids is 1. The molecule has 1 aliphatic heterocycles. The maximum absolute atomic E-state index is 12.5. The number of methoxy groups -OCH3 is 1. The highest BCUT2D eigenvalue weighted by atomic mass is 16.5. The molecule has 1 heterocycles. The number of carbonyl (C=O) groups is 3. The van der Waals surface area contributed by atoms with Crippen LogP contribution in [0.1, 0.15) is 33.6 Å². The second-order valence-corrected chi connectivity index (χ2v) is 5.41. The van der Waals surface area contributed by atoms with Crippen molar-refractivity contribution < 1.29 is 24.2 Å². The number of esters is 1. The Kier molecular flexibility index (Phi) is 4.97. The minimum absolute atomic E-state index is 0.181. The molecule has 0 aliphatic carbocycles. The molecule has 7 heteroatoms. The second-order valence-electron chi connectivity index (χ2n) is 5.41. The number of likely N-dealkylation sites (tertiary alicyclic amines) is 1. The van der Waals surface area contributed by atoms with E-state index in [0.29, 0.717) is 19.4 Å². The fourth-order valence-corrected chi connectivity index (χ4v) is 2.32. The summed E-state index contributed by atoms with van der Waals surface area (Å²) in [6.45, 7) is 5.28. The molecule has 7 nitrogen and oxygen atoms in total. The largest absolute Gasteiger partial charge is 0.480 e. The Morgan fingerprint density at radius 2 is 2.00 bits per heavy atom. The standard InChI is InChI=1S/C13H22N2O5/c1-9(2)14(8-10(16)20-4)12(19)15-7-5-6-13(15,3)11(17)18/h9H,5-8H2,1-4H3,(H,17,18). The van der Waals surface area contributed by atoms with E-state index < -0.39 is 23.5 Å². The molecule has 1 fully saturated rings. The lowest BCUT2D eigenvalue weighted by Crippen LogP contribution is -2.57. The highest BCUT2D eigenvalue weighted by Crippen LogP contribution is 2.30. The van der Waals surface area contributed by atoms with Crippen molar-refractivity contribution >= 4 is 18.0 Å². The number of carboxylic acid groups (broad SMARTS) is 1. The zero-order valence-electron chi connectivity index (χ0n) is 12.4. The molecule has 0 aromatic rings. The smallest absolute Gasteiger partial charge is 0.329 e. The SMILES string of the molecule is COC(=O)CN(C(=O)N1CCCC1(C)C(=O)O)C(C)C. The predicted molar refractivity (Wildman–Crippen MR) is 71.2 cm³/mol. The van der Waals surface area contributed by atoms with Crippen LogP contribution >= 0.6 is 0 Å². The summed E-state index contributed by atoms with van der Waals surface area (Å²) in [5, 5.41) is 9.34. The molecule has 1 atom stereocenters. The van der Waals surface area contributed by atoms with E-state index in [9.17, 15) is 19.5 Å². The second kappa shape index (κ2) is 6.11. The summed E-state index contributed by atoms with van der Waals surface area (Å²) in [6.07, 6.45) is 1.05. The number of urea groups is 1. The summed E-state index contributed by atoms with van der Waals surface area (Å²) in [5.41, 5.74) is -1.21. The quantitative estimate of drug-likeness (QED) is 0.777. The lowest BCUT2D eigenvalue weighted by molar-refractivity contribution is -0.147. The van der Waals surface area contributed by atoms with Gasteiger partial charge in [-0.05, 0) is 33.6 Å². The van der Waals surface area contributed by atoms with Gasteiger partial charge < -0.3 is 19.6 Å². The van der Waals surface area contributed by atoms with Gasteiger partial charge in [-0.3, -0.25) is 4.79 Å². The van der Waals surface area contributed by atoms with Crippen molar-refractivity contribution in [2.75, 3.05) is 20.2 Å². The van der Waals surface area contributed by atoms with E-state index in [1.54, 1.807) is 13.8 Å². The zero-order valence-corrected chi connectivity index (χ0v) is 12.4. The third-order valence-corrected chi connectivity index (χ3v) is 3.73. The van der Waals surface area contributed by atoms with Crippen LogP contribution in [-0.4, -0.2) is 64.7 Å². The number of hydrogen-bond acceptors (Lipinski definition) is 4. The van der Waals surface area contributed by atoms with Crippen molar-refractivity contribution in [3.63, 3.8) is 0 Å². The van der Waals surface area contributed by atoms with E-state index in [1.165, 1.54) is 23.8 Å². The van der Waals surface area contributed by atoms with Gasteiger partial charge in [0.05, 0.1) is 7.11 Å². The molecule has 1 unspecified atom stereocenters. The summed E-state index contributed by atoms with van der Waals surface area (Å²) in [6, 6.07) is -0.659. The van der Waals surface area contributed by atoms with Gasteiger partial charge in [-0.25, -0.2) is 9.59 Å². The molecule has 2 amide bonds. The van der Waals surface area contributed by atoms with Crippen LogP contribution in [0.4, 0.5) is 4.79 Å². The van der Waals surface area contributed by atoms with Crippen molar-refractivity contribution in [3.8, 4) is 0 Å². The third-order valence-electron chi connectivity index (χ3n) is 3.73. The molecule has 114 valence electrons. The number of hydrogen-bond donors (Lipinski definition) is 1. The minimum atomic E-state index is -1.21. The van der Waals surface area contributed by atoms with Crippen LogP contribution in [0.2, 0.25) is 0 Å². The molecule has 0 spiro atoms. The summed E-state index contributed by atoms with van der Waals surface area (Å²) < 4.78 is 4.58. The summed E-state index contributed by atoms with van der Waals surface area (Å²) in [4.78, 5) is 38.0. The van der Waals surface area contributed by atoms with Crippen LogP contribution in [0, 0.1) is 0 Å². The Balaban J connectivity index is 2.95. The lowest BCUT2D eigenvalue weighted by Gasteiger charge is -2.37. The molecule has 0 bridgehead atoms. The summed E-state index contributed by atoms with van der Waals surface area (Å²) >= 11 is 0. The monoisotopic (exact) mass is 286 g/mol. The fraction of sp³-hybridized carbons (Fsp3) is 0.769. The number of amides is 2. The zero-order chi connectivity index (χ0) is 15.5. The van der Waals surface area contributed by atoms with E-state index in [2.05, 4.69) is 4.74 Å². The summed E-state index contributed by atoms with van der Waals surface area (Å²) in [7, 11) is 1.25. The number of aliphatic carboxylic acids is 1. The molecule has 1 saturated heterocycles. The average molecular weight is 286 g/mol. The van der Waals surface area contributed by atoms with Crippen molar-refractivity contribution in [1.82, 2.24) is 9.80 Å². The molecule has 20 heavy (non-hydrogen) atoms.